The Bertz CT molecular complexity index is 657. The fourth-order valence-electron chi connectivity index (χ4n) is 5.00. The number of anilines is 1. The molecule has 3 aliphatic rings. The van der Waals surface area contributed by atoms with Crippen molar-refractivity contribution in [3.05, 3.63) is 23.9 Å². The van der Waals surface area contributed by atoms with E-state index < -0.39 is 0 Å². The number of hydrogen-bond acceptors (Lipinski definition) is 5. The summed E-state index contributed by atoms with van der Waals surface area (Å²) in [6.07, 6.45) is 7.93. The smallest absolute Gasteiger partial charge is 0.255 e. The molecule has 2 atom stereocenters. The molecule has 28 heavy (non-hydrogen) atoms. The molecule has 1 aromatic heterocycles. The van der Waals surface area contributed by atoms with Gasteiger partial charge in [0.1, 0.15) is 5.82 Å². The molecule has 154 valence electrons. The summed E-state index contributed by atoms with van der Waals surface area (Å²) >= 11 is 0. The minimum Gasteiger partial charge on any atom is -0.380 e. The van der Waals surface area contributed by atoms with E-state index in [0.29, 0.717) is 11.6 Å². The lowest BCUT2D eigenvalue weighted by Gasteiger charge is -2.41. The third-order valence-electron chi connectivity index (χ3n) is 6.75. The predicted octanol–water partition coefficient (Wildman–Crippen LogP) is 2.64. The minimum atomic E-state index is 0.126. The van der Waals surface area contributed by atoms with Crippen molar-refractivity contribution >= 4 is 11.7 Å². The molecule has 3 aliphatic heterocycles. The second-order valence-electron chi connectivity index (χ2n) is 8.76. The van der Waals surface area contributed by atoms with Crippen LogP contribution in [0.25, 0.3) is 0 Å². The lowest BCUT2D eigenvalue weighted by molar-refractivity contribution is 0.0541. The predicted molar refractivity (Wildman–Crippen MR) is 111 cm³/mol. The average Bonchev–Trinajstić information content (AvgIpc) is 3.23. The number of hydrogen-bond donors (Lipinski definition) is 0. The fourth-order valence-corrected chi connectivity index (χ4v) is 5.00. The molecule has 6 nitrogen and oxygen atoms in total. The minimum absolute atomic E-state index is 0.126. The summed E-state index contributed by atoms with van der Waals surface area (Å²) in [6, 6.07) is 4.56. The zero-order valence-corrected chi connectivity index (χ0v) is 17.3. The monoisotopic (exact) mass is 386 g/mol. The van der Waals surface area contributed by atoms with Crippen LogP contribution < -0.4 is 4.90 Å². The quantitative estimate of drug-likeness (QED) is 0.796. The van der Waals surface area contributed by atoms with Gasteiger partial charge >= 0.3 is 0 Å². The van der Waals surface area contributed by atoms with E-state index in [9.17, 15) is 4.79 Å². The first-order chi connectivity index (χ1) is 13.6. The molecule has 0 aliphatic carbocycles. The Hall–Kier alpha value is -1.66. The van der Waals surface area contributed by atoms with Gasteiger partial charge in [-0.15, -0.1) is 0 Å². The number of methoxy groups -OCH3 is 1. The molecule has 2 unspecified atom stereocenters. The van der Waals surface area contributed by atoms with E-state index in [1.165, 1.54) is 25.9 Å². The molecular formula is C22H34N4O2. The summed E-state index contributed by atoms with van der Waals surface area (Å²) in [7, 11) is 1.76. The van der Waals surface area contributed by atoms with E-state index in [-0.39, 0.29) is 12.0 Å². The van der Waals surface area contributed by atoms with Gasteiger partial charge in [-0.25, -0.2) is 4.98 Å². The third kappa shape index (κ3) is 4.33. The van der Waals surface area contributed by atoms with Crippen LogP contribution >= 0.6 is 0 Å². The Kier molecular flexibility index (Phi) is 6.16. The molecule has 0 bridgehead atoms. The van der Waals surface area contributed by atoms with Crippen molar-refractivity contribution in [2.45, 2.75) is 51.2 Å². The number of aromatic nitrogens is 1. The Balaban J connectivity index is 1.30. The van der Waals surface area contributed by atoms with Crippen LogP contribution in [0.1, 0.15) is 49.4 Å². The van der Waals surface area contributed by atoms with E-state index in [1.807, 2.05) is 17.0 Å². The highest BCUT2D eigenvalue weighted by atomic mass is 16.5. The number of likely N-dealkylation sites (tertiary alicyclic amines) is 2. The highest BCUT2D eigenvalue weighted by Crippen LogP contribution is 2.25. The third-order valence-corrected chi connectivity index (χ3v) is 6.75. The van der Waals surface area contributed by atoms with Gasteiger partial charge in [-0.05, 0) is 56.7 Å². The zero-order chi connectivity index (χ0) is 19.5. The number of ether oxygens (including phenoxy) is 1. The number of pyridine rings is 1. The van der Waals surface area contributed by atoms with Crippen LogP contribution in [0, 0.1) is 5.92 Å². The van der Waals surface area contributed by atoms with Crippen molar-refractivity contribution in [1.82, 2.24) is 14.8 Å². The van der Waals surface area contributed by atoms with E-state index in [0.717, 1.165) is 57.2 Å². The summed E-state index contributed by atoms with van der Waals surface area (Å²) in [6.45, 7) is 8.37. The number of nitrogens with zero attached hydrogens (tertiary/aromatic N) is 4. The van der Waals surface area contributed by atoms with Gasteiger partial charge in [0.05, 0.1) is 11.7 Å². The zero-order valence-electron chi connectivity index (χ0n) is 17.3. The molecule has 4 heterocycles. The first-order valence-electron chi connectivity index (χ1n) is 10.9. The highest BCUT2D eigenvalue weighted by Gasteiger charge is 2.30. The molecule has 0 radical (unpaired) electrons. The maximum atomic E-state index is 12.9. The first-order valence-corrected chi connectivity index (χ1v) is 10.9. The van der Waals surface area contributed by atoms with Gasteiger partial charge in [-0.2, -0.15) is 0 Å². The van der Waals surface area contributed by atoms with E-state index >= 15 is 0 Å². The molecule has 0 spiro atoms. The summed E-state index contributed by atoms with van der Waals surface area (Å²) in [5.41, 5.74) is 0.705. The summed E-state index contributed by atoms with van der Waals surface area (Å²) in [5.74, 6) is 1.88. The van der Waals surface area contributed by atoms with Gasteiger partial charge in [0, 0.05) is 52.1 Å². The molecule has 0 aromatic carbocycles. The molecule has 4 rings (SSSR count). The fraction of sp³-hybridized carbons (Fsp3) is 0.727. The van der Waals surface area contributed by atoms with Gasteiger partial charge in [0.2, 0.25) is 0 Å². The molecule has 3 saturated heterocycles. The van der Waals surface area contributed by atoms with Gasteiger partial charge < -0.3 is 14.5 Å². The number of rotatable bonds is 4. The van der Waals surface area contributed by atoms with Crippen molar-refractivity contribution in [1.29, 1.82) is 0 Å². The SMILES string of the molecule is COC1CCN(c2ccc(C(=O)N3CCC(N4CCCC(C)C4)CC3)cn2)C1. The van der Waals surface area contributed by atoms with Crippen LogP contribution in [-0.2, 0) is 4.74 Å². The van der Waals surface area contributed by atoms with E-state index in [4.69, 9.17) is 4.74 Å². The summed E-state index contributed by atoms with van der Waals surface area (Å²) < 4.78 is 5.43. The Morgan fingerprint density at radius 1 is 1.07 bits per heavy atom. The van der Waals surface area contributed by atoms with Gasteiger partial charge in [-0.1, -0.05) is 6.92 Å². The van der Waals surface area contributed by atoms with Crippen molar-refractivity contribution in [3.63, 3.8) is 0 Å². The molecule has 1 amide bonds. The van der Waals surface area contributed by atoms with E-state index in [2.05, 4.69) is 21.7 Å². The Morgan fingerprint density at radius 3 is 2.54 bits per heavy atom. The number of amides is 1. The normalized spacial score (nSPS) is 27.4. The molecule has 0 N–H and O–H groups in total. The van der Waals surface area contributed by atoms with Crippen LogP contribution in [0.4, 0.5) is 5.82 Å². The van der Waals surface area contributed by atoms with Crippen LogP contribution in [0.15, 0.2) is 18.3 Å². The van der Waals surface area contributed by atoms with Crippen LogP contribution in [0.2, 0.25) is 0 Å². The molecular weight excluding hydrogens is 352 g/mol. The molecule has 0 saturated carbocycles. The number of piperidine rings is 2. The lowest BCUT2D eigenvalue weighted by atomic mass is 9.95. The second kappa shape index (κ2) is 8.78. The van der Waals surface area contributed by atoms with Crippen molar-refractivity contribution in [3.8, 4) is 0 Å². The van der Waals surface area contributed by atoms with Gasteiger partial charge in [0.25, 0.3) is 5.91 Å². The molecule has 6 heteroatoms. The Labute approximate surface area is 168 Å². The molecule has 3 fully saturated rings. The van der Waals surface area contributed by atoms with Crippen LogP contribution in [0.3, 0.4) is 0 Å². The Morgan fingerprint density at radius 2 is 1.89 bits per heavy atom. The topological polar surface area (TPSA) is 48.9 Å². The second-order valence-corrected chi connectivity index (χ2v) is 8.76. The number of carbonyl (C=O) groups is 1. The van der Waals surface area contributed by atoms with Crippen molar-refractivity contribution < 1.29 is 9.53 Å². The van der Waals surface area contributed by atoms with Crippen molar-refractivity contribution in [2.75, 3.05) is 51.3 Å². The summed E-state index contributed by atoms with van der Waals surface area (Å²) in [5, 5.41) is 0. The number of carbonyl (C=O) groups excluding carboxylic acids is 1. The first kappa shape index (κ1) is 19.6. The summed E-state index contributed by atoms with van der Waals surface area (Å²) in [4.78, 5) is 24.4. The van der Waals surface area contributed by atoms with E-state index in [1.54, 1.807) is 13.3 Å². The van der Waals surface area contributed by atoms with Crippen LogP contribution in [0.5, 0.6) is 0 Å². The van der Waals surface area contributed by atoms with Gasteiger partial charge in [-0.3, -0.25) is 9.69 Å². The largest absolute Gasteiger partial charge is 0.380 e. The standard InChI is InChI=1S/C22H34N4O2/c1-17-4-3-10-25(15-17)19-7-11-24(12-8-19)22(27)18-5-6-21(23-14-18)26-13-9-20(16-26)28-2/h5-6,14,17,19-20H,3-4,7-13,15-16H2,1-2H3. The average molecular weight is 387 g/mol. The maximum absolute atomic E-state index is 12.9. The van der Waals surface area contributed by atoms with Crippen LogP contribution in [-0.4, -0.2) is 79.2 Å². The highest BCUT2D eigenvalue weighted by molar-refractivity contribution is 5.94. The van der Waals surface area contributed by atoms with Gasteiger partial charge in [0.15, 0.2) is 0 Å². The van der Waals surface area contributed by atoms with Crippen molar-refractivity contribution in [2.24, 2.45) is 5.92 Å². The maximum Gasteiger partial charge on any atom is 0.255 e. The lowest BCUT2D eigenvalue weighted by Crippen LogP contribution is -2.49. The molecule has 1 aromatic rings.